The molecule has 2 rings (SSSR count). The third-order valence-electron chi connectivity index (χ3n) is 3.54. The van der Waals surface area contributed by atoms with Gasteiger partial charge >= 0.3 is 0 Å². The highest BCUT2D eigenvalue weighted by molar-refractivity contribution is 5.22. The predicted molar refractivity (Wildman–Crippen MR) is 74.4 cm³/mol. The highest BCUT2D eigenvalue weighted by Crippen LogP contribution is 2.27. The fraction of sp³-hybridized carbons (Fsp3) is 0.625. The summed E-state index contributed by atoms with van der Waals surface area (Å²) in [5.41, 5.74) is 2.45. The summed E-state index contributed by atoms with van der Waals surface area (Å²) in [6.45, 7) is 5.72. The second-order valence-electron chi connectivity index (χ2n) is 6.08. The van der Waals surface area contributed by atoms with Gasteiger partial charge in [-0.25, -0.2) is 8.78 Å². The van der Waals surface area contributed by atoms with E-state index in [1.54, 1.807) is 0 Å². The molecule has 1 saturated heterocycles. The lowest BCUT2D eigenvalue weighted by atomic mass is 10.0. The van der Waals surface area contributed by atoms with Crippen LogP contribution in [0.25, 0.3) is 0 Å². The molecular formula is C16H23F2N. The number of alkyl halides is 2. The van der Waals surface area contributed by atoms with Gasteiger partial charge < -0.3 is 0 Å². The fourth-order valence-corrected chi connectivity index (χ4v) is 2.69. The summed E-state index contributed by atoms with van der Waals surface area (Å²) >= 11 is 0. The van der Waals surface area contributed by atoms with E-state index < -0.39 is 5.92 Å². The number of nitrogens with zero attached hydrogens (tertiary/aromatic N) is 1. The lowest BCUT2D eigenvalue weighted by Gasteiger charge is -2.32. The van der Waals surface area contributed by atoms with E-state index in [1.807, 2.05) is 4.90 Å². The zero-order valence-corrected chi connectivity index (χ0v) is 11.8. The third kappa shape index (κ3) is 4.57. The molecule has 0 spiro atoms. The molecule has 3 heteroatoms. The molecule has 0 N–H and O–H groups in total. The maximum Gasteiger partial charge on any atom is 0.260 e. The van der Waals surface area contributed by atoms with E-state index in [1.165, 1.54) is 5.56 Å². The molecule has 1 aliphatic heterocycles. The Bertz CT molecular complexity index is 398. The molecule has 0 bridgehead atoms. The number of rotatable bonds is 4. The van der Waals surface area contributed by atoms with Crippen molar-refractivity contribution in [1.82, 2.24) is 4.90 Å². The minimum Gasteiger partial charge on any atom is -0.293 e. The van der Waals surface area contributed by atoms with Crippen LogP contribution in [0.1, 0.15) is 37.8 Å². The zero-order valence-electron chi connectivity index (χ0n) is 11.8. The molecule has 0 aliphatic carbocycles. The van der Waals surface area contributed by atoms with Crippen LogP contribution in [0.3, 0.4) is 0 Å². The fourth-order valence-electron chi connectivity index (χ4n) is 2.69. The Balaban J connectivity index is 1.92. The van der Waals surface area contributed by atoms with Crippen molar-refractivity contribution in [2.75, 3.05) is 13.1 Å². The van der Waals surface area contributed by atoms with Crippen LogP contribution in [0.4, 0.5) is 8.78 Å². The van der Waals surface area contributed by atoms with Crippen molar-refractivity contribution in [3.63, 3.8) is 0 Å². The van der Waals surface area contributed by atoms with Crippen molar-refractivity contribution in [3.8, 4) is 0 Å². The first-order valence-electron chi connectivity index (χ1n) is 7.13. The van der Waals surface area contributed by atoms with Gasteiger partial charge in [-0.05, 0) is 36.4 Å². The Labute approximate surface area is 114 Å². The Hall–Kier alpha value is -0.960. The molecule has 0 saturated carbocycles. The van der Waals surface area contributed by atoms with Crippen LogP contribution >= 0.6 is 0 Å². The van der Waals surface area contributed by atoms with E-state index in [9.17, 15) is 8.78 Å². The van der Waals surface area contributed by atoms with Crippen LogP contribution in [0.2, 0.25) is 0 Å². The summed E-state index contributed by atoms with van der Waals surface area (Å²) in [5.74, 6) is -1.86. The zero-order chi connectivity index (χ0) is 13.9. The minimum absolute atomic E-state index is 0.0385. The summed E-state index contributed by atoms with van der Waals surface area (Å²) in [6, 6.07) is 8.39. The van der Waals surface area contributed by atoms with Crippen LogP contribution in [0, 0.1) is 5.92 Å². The Morgan fingerprint density at radius 1 is 1.16 bits per heavy atom. The molecule has 19 heavy (non-hydrogen) atoms. The van der Waals surface area contributed by atoms with E-state index in [0.717, 1.165) is 18.5 Å². The van der Waals surface area contributed by atoms with Crippen LogP contribution < -0.4 is 0 Å². The lowest BCUT2D eigenvalue weighted by molar-refractivity contribution is -0.0661. The number of benzene rings is 1. The summed E-state index contributed by atoms with van der Waals surface area (Å²) in [7, 11) is 0. The van der Waals surface area contributed by atoms with Gasteiger partial charge in [0.1, 0.15) is 0 Å². The summed E-state index contributed by atoms with van der Waals surface area (Å²) in [4.78, 5) is 1.86. The molecule has 0 radical (unpaired) electrons. The molecule has 1 heterocycles. The van der Waals surface area contributed by atoms with Gasteiger partial charge in [0.2, 0.25) is 0 Å². The molecule has 1 nitrogen and oxygen atoms in total. The van der Waals surface area contributed by atoms with Crippen molar-refractivity contribution >= 4 is 0 Å². The first-order valence-corrected chi connectivity index (χ1v) is 7.13. The van der Waals surface area contributed by atoms with Crippen molar-refractivity contribution in [1.29, 1.82) is 0 Å². The molecule has 0 atom stereocenters. The maximum atomic E-state index is 13.3. The number of hydrogen-bond acceptors (Lipinski definition) is 1. The summed E-state index contributed by atoms with van der Waals surface area (Å²) in [5, 5.41) is 0. The van der Waals surface area contributed by atoms with E-state index in [-0.39, 0.29) is 13.0 Å². The van der Waals surface area contributed by atoms with Gasteiger partial charge in [-0.1, -0.05) is 38.1 Å². The van der Waals surface area contributed by atoms with Crippen LogP contribution in [-0.4, -0.2) is 23.9 Å². The molecule has 1 aromatic rings. The van der Waals surface area contributed by atoms with Crippen molar-refractivity contribution in [3.05, 3.63) is 35.4 Å². The summed E-state index contributed by atoms with van der Waals surface area (Å²) < 4.78 is 26.6. The van der Waals surface area contributed by atoms with E-state index >= 15 is 0 Å². The van der Waals surface area contributed by atoms with E-state index in [4.69, 9.17) is 0 Å². The van der Waals surface area contributed by atoms with Crippen LogP contribution in [-0.2, 0) is 13.0 Å². The SMILES string of the molecule is CC(C)Cc1ccc(CN2CCCC(F)(F)C2)cc1. The Morgan fingerprint density at radius 3 is 2.37 bits per heavy atom. The van der Waals surface area contributed by atoms with Crippen molar-refractivity contribution < 1.29 is 8.78 Å². The van der Waals surface area contributed by atoms with Gasteiger partial charge in [-0.15, -0.1) is 0 Å². The lowest BCUT2D eigenvalue weighted by Crippen LogP contribution is -2.41. The van der Waals surface area contributed by atoms with Gasteiger partial charge in [0.05, 0.1) is 6.54 Å². The van der Waals surface area contributed by atoms with Gasteiger partial charge in [0.15, 0.2) is 0 Å². The quantitative estimate of drug-likeness (QED) is 0.793. The molecule has 0 aromatic heterocycles. The smallest absolute Gasteiger partial charge is 0.260 e. The highest BCUT2D eigenvalue weighted by atomic mass is 19.3. The Kier molecular flexibility index (Phi) is 4.56. The molecule has 0 unspecified atom stereocenters. The average molecular weight is 267 g/mol. The molecule has 1 fully saturated rings. The van der Waals surface area contributed by atoms with Crippen molar-refractivity contribution in [2.45, 2.75) is 45.6 Å². The standard InChI is InChI=1S/C16H23F2N/c1-13(2)10-14-4-6-15(7-5-14)11-19-9-3-8-16(17,18)12-19/h4-7,13H,3,8-12H2,1-2H3. The van der Waals surface area contributed by atoms with Gasteiger partial charge in [-0.2, -0.15) is 0 Å². The first-order chi connectivity index (χ1) is 8.94. The predicted octanol–water partition coefficient (Wildman–Crippen LogP) is 4.12. The second kappa shape index (κ2) is 6.00. The molecule has 106 valence electrons. The Morgan fingerprint density at radius 2 is 1.79 bits per heavy atom. The number of halogens is 2. The largest absolute Gasteiger partial charge is 0.293 e. The summed E-state index contributed by atoms with van der Waals surface area (Å²) in [6.07, 6.45) is 1.71. The normalized spacial score (nSPS) is 19.8. The van der Waals surface area contributed by atoms with Gasteiger partial charge in [0.25, 0.3) is 5.92 Å². The second-order valence-corrected chi connectivity index (χ2v) is 6.08. The van der Waals surface area contributed by atoms with Crippen LogP contribution in [0.5, 0.6) is 0 Å². The topological polar surface area (TPSA) is 3.24 Å². The third-order valence-corrected chi connectivity index (χ3v) is 3.54. The number of likely N-dealkylation sites (tertiary alicyclic amines) is 1. The van der Waals surface area contributed by atoms with Gasteiger partial charge in [-0.3, -0.25) is 4.90 Å². The monoisotopic (exact) mass is 267 g/mol. The molecule has 0 amide bonds. The van der Waals surface area contributed by atoms with Crippen LogP contribution in [0.15, 0.2) is 24.3 Å². The van der Waals surface area contributed by atoms with E-state index in [2.05, 4.69) is 38.1 Å². The van der Waals surface area contributed by atoms with E-state index in [0.29, 0.717) is 18.9 Å². The maximum absolute atomic E-state index is 13.3. The first kappa shape index (κ1) is 14.4. The van der Waals surface area contributed by atoms with Crippen molar-refractivity contribution in [2.24, 2.45) is 5.92 Å². The highest BCUT2D eigenvalue weighted by Gasteiger charge is 2.34. The molecular weight excluding hydrogens is 244 g/mol. The molecule has 1 aliphatic rings. The average Bonchev–Trinajstić information content (AvgIpc) is 2.30. The number of piperidine rings is 1. The van der Waals surface area contributed by atoms with Gasteiger partial charge in [0, 0.05) is 13.0 Å². The number of hydrogen-bond donors (Lipinski definition) is 0. The minimum atomic E-state index is -2.50. The molecule has 1 aromatic carbocycles.